The lowest BCUT2D eigenvalue weighted by Crippen LogP contribution is -2.47. The molecule has 0 atom stereocenters. The Bertz CT molecular complexity index is 1100. The molecule has 0 amide bonds. The Kier molecular flexibility index (Phi) is 6.74. The molecule has 0 unspecified atom stereocenters. The van der Waals surface area contributed by atoms with Gasteiger partial charge in [-0.05, 0) is 19.1 Å². The highest BCUT2D eigenvalue weighted by Crippen LogP contribution is 2.28. The maximum atomic E-state index is 13.5. The van der Waals surface area contributed by atoms with E-state index in [4.69, 9.17) is 23.2 Å². The van der Waals surface area contributed by atoms with E-state index in [-0.39, 0.29) is 5.78 Å². The minimum atomic E-state index is -0.585. The van der Waals surface area contributed by atoms with Gasteiger partial charge < -0.3 is 4.90 Å². The third-order valence-corrected chi connectivity index (χ3v) is 6.14. The number of nitrogens with zero attached hydrogens (tertiary/aromatic N) is 5. The summed E-state index contributed by atoms with van der Waals surface area (Å²) in [5.74, 6) is -1.19. The molecule has 4 rings (SSSR count). The predicted octanol–water partition coefficient (Wildman–Crippen LogP) is 4.56. The normalized spacial score (nSPS) is 14.7. The van der Waals surface area contributed by atoms with Crippen LogP contribution in [0.25, 0.3) is 5.69 Å². The largest absolute Gasteiger partial charge is 0.369 e. The fraction of sp³-hybridized carbons (Fsp3) is 0.318. The van der Waals surface area contributed by atoms with Crippen molar-refractivity contribution in [3.05, 3.63) is 69.7 Å². The molecular weight excluding hydrogens is 459 g/mol. The number of benzene rings is 1. The Hall–Kier alpha value is -2.55. The number of anilines is 1. The number of carbonyl (C=O) groups is 1. The smallest absolute Gasteiger partial charge is 0.167 e. The van der Waals surface area contributed by atoms with E-state index < -0.39 is 11.6 Å². The number of piperazine rings is 1. The second-order valence-electron chi connectivity index (χ2n) is 7.64. The summed E-state index contributed by atoms with van der Waals surface area (Å²) in [7, 11) is 0. The van der Waals surface area contributed by atoms with Crippen LogP contribution < -0.4 is 4.90 Å². The van der Waals surface area contributed by atoms with E-state index in [9.17, 15) is 13.6 Å². The molecule has 0 bridgehead atoms. The van der Waals surface area contributed by atoms with Gasteiger partial charge in [-0.25, -0.2) is 13.5 Å². The van der Waals surface area contributed by atoms with Gasteiger partial charge in [-0.2, -0.15) is 5.10 Å². The van der Waals surface area contributed by atoms with Gasteiger partial charge in [-0.15, -0.1) is 0 Å². The molecule has 0 radical (unpaired) electrons. The van der Waals surface area contributed by atoms with Crippen LogP contribution in [0.2, 0.25) is 10.0 Å². The maximum absolute atomic E-state index is 13.5. The van der Waals surface area contributed by atoms with Crippen LogP contribution in [0, 0.1) is 18.6 Å². The molecular formula is C22H21Cl2F2N5O. The fourth-order valence-corrected chi connectivity index (χ4v) is 4.39. The summed E-state index contributed by atoms with van der Waals surface area (Å²) in [4.78, 5) is 20.9. The number of hydrogen-bond donors (Lipinski definition) is 0. The van der Waals surface area contributed by atoms with Crippen molar-refractivity contribution in [3.8, 4) is 5.69 Å². The molecule has 0 saturated carbocycles. The van der Waals surface area contributed by atoms with Crippen molar-refractivity contribution in [1.29, 1.82) is 0 Å². The lowest BCUT2D eigenvalue weighted by molar-refractivity contribution is 0.0962. The van der Waals surface area contributed by atoms with E-state index >= 15 is 0 Å². The number of pyridine rings is 1. The summed E-state index contributed by atoms with van der Waals surface area (Å²) >= 11 is 12.4. The average molecular weight is 480 g/mol. The van der Waals surface area contributed by atoms with Crippen LogP contribution in [0.5, 0.6) is 0 Å². The van der Waals surface area contributed by atoms with Crippen molar-refractivity contribution < 1.29 is 13.6 Å². The Morgan fingerprint density at radius 1 is 1.00 bits per heavy atom. The first-order chi connectivity index (χ1) is 15.3. The first kappa shape index (κ1) is 22.6. The summed E-state index contributed by atoms with van der Waals surface area (Å²) in [5.41, 5.74) is 2.20. The zero-order chi connectivity index (χ0) is 22.8. The number of carbonyl (C=O) groups excluding carboxylic acids is 1. The molecule has 0 spiro atoms. The second kappa shape index (κ2) is 9.52. The van der Waals surface area contributed by atoms with Crippen molar-refractivity contribution in [2.45, 2.75) is 13.3 Å². The summed E-state index contributed by atoms with van der Waals surface area (Å²) in [6, 6.07) is 3.54. The molecule has 32 heavy (non-hydrogen) atoms. The maximum Gasteiger partial charge on any atom is 0.167 e. The highest BCUT2D eigenvalue weighted by atomic mass is 35.5. The minimum absolute atomic E-state index is 0.0234. The second-order valence-corrected chi connectivity index (χ2v) is 8.45. The van der Waals surface area contributed by atoms with Crippen LogP contribution in [-0.2, 0) is 0 Å². The van der Waals surface area contributed by atoms with Gasteiger partial charge in [-0.3, -0.25) is 14.7 Å². The molecule has 3 aromatic rings. The van der Waals surface area contributed by atoms with Crippen molar-refractivity contribution in [2.24, 2.45) is 0 Å². The van der Waals surface area contributed by atoms with Gasteiger partial charge in [0.1, 0.15) is 17.3 Å². The molecule has 10 heteroatoms. The quantitative estimate of drug-likeness (QED) is 0.485. The zero-order valence-corrected chi connectivity index (χ0v) is 18.9. The van der Waals surface area contributed by atoms with Gasteiger partial charge in [0.05, 0.1) is 27.5 Å². The predicted molar refractivity (Wildman–Crippen MR) is 120 cm³/mol. The molecule has 1 fully saturated rings. The summed E-state index contributed by atoms with van der Waals surface area (Å²) in [6.07, 6.45) is 4.81. The van der Waals surface area contributed by atoms with Crippen molar-refractivity contribution in [2.75, 3.05) is 37.6 Å². The Labute approximate surface area is 194 Å². The standard InChI is InChI=1S/C22H21Cl2F2N5O/c1-14-18(11-28-31(14)22-19(23)12-27-13-20(22)24)21(32)2-3-29-4-6-30(7-5-29)17-9-15(25)8-16(26)10-17/h8-13H,2-7H2,1H3. The van der Waals surface area contributed by atoms with Gasteiger partial charge in [0.2, 0.25) is 0 Å². The van der Waals surface area contributed by atoms with Crippen molar-refractivity contribution in [3.63, 3.8) is 0 Å². The molecule has 0 aliphatic carbocycles. The van der Waals surface area contributed by atoms with Gasteiger partial charge in [0, 0.05) is 63.3 Å². The van der Waals surface area contributed by atoms with Crippen LogP contribution in [0.4, 0.5) is 14.5 Å². The molecule has 6 nitrogen and oxygen atoms in total. The van der Waals surface area contributed by atoms with Crippen molar-refractivity contribution >= 4 is 34.7 Å². The van der Waals surface area contributed by atoms with Gasteiger partial charge in [0.15, 0.2) is 5.78 Å². The zero-order valence-electron chi connectivity index (χ0n) is 17.4. The van der Waals surface area contributed by atoms with Gasteiger partial charge >= 0.3 is 0 Å². The lowest BCUT2D eigenvalue weighted by atomic mass is 10.1. The van der Waals surface area contributed by atoms with Gasteiger partial charge in [-0.1, -0.05) is 23.2 Å². The van der Waals surface area contributed by atoms with E-state index in [2.05, 4.69) is 15.0 Å². The first-order valence-electron chi connectivity index (χ1n) is 10.1. The van der Waals surface area contributed by atoms with Crippen LogP contribution in [0.1, 0.15) is 22.5 Å². The van der Waals surface area contributed by atoms with Gasteiger partial charge in [0.25, 0.3) is 0 Å². The average Bonchev–Trinajstić information content (AvgIpc) is 3.13. The highest BCUT2D eigenvalue weighted by Gasteiger charge is 2.22. The first-order valence-corrected chi connectivity index (χ1v) is 10.9. The third-order valence-electron chi connectivity index (χ3n) is 5.59. The summed E-state index contributed by atoms with van der Waals surface area (Å²) < 4.78 is 28.5. The van der Waals surface area contributed by atoms with Crippen LogP contribution in [-0.4, -0.2) is 58.2 Å². The van der Waals surface area contributed by atoms with Crippen LogP contribution >= 0.6 is 23.2 Å². The molecule has 1 saturated heterocycles. The number of Topliss-reactive ketones (excluding diaryl/α,β-unsaturated/α-hetero) is 1. The monoisotopic (exact) mass is 479 g/mol. The topological polar surface area (TPSA) is 54.3 Å². The Morgan fingerprint density at radius 2 is 1.62 bits per heavy atom. The molecule has 0 N–H and O–H groups in total. The molecule has 168 valence electrons. The van der Waals surface area contributed by atoms with E-state index in [1.165, 1.54) is 30.7 Å². The summed E-state index contributed by atoms with van der Waals surface area (Å²) in [5, 5.41) is 4.99. The molecule has 1 aliphatic heterocycles. The van der Waals surface area contributed by atoms with E-state index in [1.54, 1.807) is 11.6 Å². The fourth-order valence-electron chi connectivity index (χ4n) is 3.86. The number of ketones is 1. The van der Waals surface area contributed by atoms with Crippen LogP contribution in [0.3, 0.4) is 0 Å². The Balaban J connectivity index is 1.36. The van der Waals surface area contributed by atoms with Crippen LogP contribution in [0.15, 0.2) is 36.8 Å². The molecule has 3 heterocycles. The Morgan fingerprint density at radius 3 is 2.25 bits per heavy atom. The number of halogens is 4. The molecule has 1 aromatic carbocycles. The highest BCUT2D eigenvalue weighted by molar-refractivity contribution is 6.37. The number of rotatable bonds is 6. The van der Waals surface area contributed by atoms with E-state index in [0.717, 1.165) is 6.07 Å². The SMILES string of the molecule is Cc1c(C(=O)CCN2CCN(c3cc(F)cc(F)c3)CC2)cnn1-c1c(Cl)cncc1Cl. The molecule has 1 aliphatic rings. The molecule has 2 aromatic heterocycles. The lowest BCUT2D eigenvalue weighted by Gasteiger charge is -2.36. The number of aromatic nitrogens is 3. The third kappa shape index (κ3) is 4.77. The van der Waals surface area contributed by atoms with Crippen molar-refractivity contribution in [1.82, 2.24) is 19.7 Å². The van der Waals surface area contributed by atoms with E-state index in [0.29, 0.717) is 71.8 Å². The van der Waals surface area contributed by atoms with E-state index in [1.807, 2.05) is 4.90 Å². The minimum Gasteiger partial charge on any atom is -0.369 e. The summed E-state index contributed by atoms with van der Waals surface area (Å²) in [6.45, 7) is 5.05. The number of hydrogen-bond acceptors (Lipinski definition) is 5.